The Kier molecular flexibility index (Phi) is 6.11. The number of carboxylic acid groups (broad SMARTS) is 1. The van der Waals surface area contributed by atoms with Crippen molar-refractivity contribution in [3.05, 3.63) is 74.3 Å². The highest BCUT2D eigenvalue weighted by Crippen LogP contribution is 2.32. The molecule has 1 aromatic heterocycles. The number of carbonyl (C=O) groups is 1. The van der Waals surface area contributed by atoms with Gasteiger partial charge in [0.1, 0.15) is 22.9 Å². The second-order valence-corrected chi connectivity index (χ2v) is 8.27. The number of carboxylic acids is 1. The Balaban J connectivity index is 2.35. The van der Waals surface area contributed by atoms with Crippen LogP contribution in [-0.2, 0) is 12.1 Å². The molecule has 0 radical (unpaired) electrons. The van der Waals surface area contributed by atoms with E-state index < -0.39 is 28.5 Å². The Morgan fingerprint density at radius 2 is 1.97 bits per heavy atom. The van der Waals surface area contributed by atoms with E-state index in [-0.39, 0.29) is 22.7 Å². The summed E-state index contributed by atoms with van der Waals surface area (Å²) in [5.41, 5.74) is -1.57. The lowest BCUT2D eigenvalue weighted by Crippen LogP contribution is -2.37. The first-order valence-corrected chi connectivity index (χ1v) is 10.0. The van der Waals surface area contributed by atoms with Crippen LogP contribution in [0.3, 0.4) is 0 Å². The van der Waals surface area contributed by atoms with Crippen molar-refractivity contribution in [3.8, 4) is 5.75 Å². The van der Waals surface area contributed by atoms with Gasteiger partial charge in [-0.2, -0.15) is 0 Å². The molecule has 0 unspecified atom stereocenters. The number of aliphatic hydroxyl groups is 1. The lowest BCUT2D eigenvalue weighted by Gasteiger charge is -2.33. The first-order chi connectivity index (χ1) is 14.5. The second-order valence-electron chi connectivity index (χ2n) is 7.87. The molecule has 8 heteroatoms. The van der Waals surface area contributed by atoms with Crippen LogP contribution in [0, 0.1) is 11.7 Å². The monoisotopic (exact) mass is 447 g/mol. The van der Waals surface area contributed by atoms with Gasteiger partial charge in [0.05, 0.1) is 17.6 Å². The van der Waals surface area contributed by atoms with Crippen LogP contribution >= 0.6 is 11.6 Å². The molecule has 0 aliphatic carbocycles. The highest BCUT2D eigenvalue weighted by atomic mass is 35.5. The van der Waals surface area contributed by atoms with Gasteiger partial charge in [0.25, 0.3) is 0 Å². The van der Waals surface area contributed by atoms with Crippen molar-refractivity contribution in [2.24, 2.45) is 5.92 Å². The number of ether oxygens (including phenoxy) is 1. The van der Waals surface area contributed by atoms with E-state index in [0.29, 0.717) is 22.4 Å². The summed E-state index contributed by atoms with van der Waals surface area (Å²) in [5, 5.41) is 20.7. The van der Waals surface area contributed by atoms with Gasteiger partial charge in [0.15, 0.2) is 0 Å². The van der Waals surface area contributed by atoms with E-state index in [1.165, 1.54) is 30.7 Å². The van der Waals surface area contributed by atoms with Crippen molar-refractivity contribution in [1.29, 1.82) is 0 Å². The first kappa shape index (κ1) is 22.8. The summed E-state index contributed by atoms with van der Waals surface area (Å²) < 4.78 is 21.3. The van der Waals surface area contributed by atoms with Crippen LogP contribution < -0.4 is 10.2 Å². The van der Waals surface area contributed by atoms with Crippen LogP contribution in [0.15, 0.2) is 41.3 Å². The number of hydrogen-bond donors (Lipinski definition) is 2. The number of benzene rings is 2. The fraction of sp³-hybridized carbons (Fsp3) is 0.304. The summed E-state index contributed by atoms with van der Waals surface area (Å²) in [5.74, 6) is -1.92. The van der Waals surface area contributed by atoms with Crippen molar-refractivity contribution < 1.29 is 24.1 Å². The number of aromatic carboxylic acids is 1. The average Bonchev–Trinajstić information content (AvgIpc) is 2.70. The van der Waals surface area contributed by atoms with Crippen molar-refractivity contribution in [2.75, 3.05) is 7.11 Å². The topological polar surface area (TPSA) is 88.8 Å². The Hall–Kier alpha value is -2.90. The van der Waals surface area contributed by atoms with Gasteiger partial charge in [0.2, 0.25) is 5.43 Å². The van der Waals surface area contributed by atoms with Gasteiger partial charge in [-0.1, -0.05) is 37.6 Å². The molecule has 2 N–H and O–H groups in total. The largest absolute Gasteiger partial charge is 0.496 e. The second kappa shape index (κ2) is 8.32. The fourth-order valence-corrected chi connectivity index (χ4v) is 3.61. The number of halogens is 2. The van der Waals surface area contributed by atoms with Gasteiger partial charge < -0.3 is 19.5 Å². The highest BCUT2D eigenvalue weighted by molar-refractivity contribution is 6.30. The molecule has 2 aromatic carbocycles. The number of rotatable bonds is 6. The van der Waals surface area contributed by atoms with E-state index in [1.54, 1.807) is 32.0 Å². The minimum Gasteiger partial charge on any atom is -0.496 e. The van der Waals surface area contributed by atoms with Gasteiger partial charge in [-0.3, -0.25) is 4.79 Å². The Morgan fingerprint density at radius 1 is 1.29 bits per heavy atom. The summed E-state index contributed by atoms with van der Waals surface area (Å²) in [6.07, 6.45) is 1.21. The molecule has 0 aliphatic heterocycles. The lowest BCUT2D eigenvalue weighted by atomic mass is 9.97. The van der Waals surface area contributed by atoms with Crippen LogP contribution in [-0.4, -0.2) is 27.9 Å². The Labute approximate surface area is 183 Å². The molecule has 0 fully saturated rings. The van der Waals surface area contributed by atoms with Crippen molar-refractivity contribution >= 4 is 28.5 Å². The molecule has 6 nitrogen and oxygen atoms in total. The third-order valence-corrected chi connectivity index (χ3v) is 5.92. The molecule has 0 aliphatic rings. The molecule has 1 heterocycles. The predicted molar refractivity (Wildman–Crippen MR) is 117 cm³/mol. The molecule has 164 valence electrons. The maximum absolute atomic E-state index is 14.4. The van der Waals surface area contributed by atoms with Crippen LogP contribution in [0.5, 0.6) is 5.75 Å². The van der Waals surface area contributed by atoms with E-state index in [9.17, 15) is 24.2 Å². The van der Waals surface area contributed by atoms with E-state index >= 15 is 0 Å². The van der Waals surface area contributed by atoms with E-state index in [2.05, 4.69) is 0 Å². The zero-order chi connectivity index (χ0) is 23.1. The van der Waals surface area contributed by atoms with Crippen molar-refractivity contribution in [2.45, 2.75) is 32.9 Å². The molecular formula is C23H23ClFNO5. The summed E-state index contributed by atoms with van der Waals surface area (Å²) in [6.45, 7) is 5.09. The van der Waals surface area contributed by atoms with Crippen LogP contribution in [0.2, 0.25) is 5.02 Å². The smallest absolute Gasteiger partial charge is 0.341 e. The van der Waals surface area contributed by atoms with Gasteiger partial charge >= 0.3 is 5.97 Å². The SMILES string of the molecule is COc1cc2c(cc1Cc1cccc(Cl)c1F)c(=O)c(C(=O)O)cn2[C@@](C)(O)C(C)C. The molecular weight excluding hydrogens is 425 g/mol. The van der Waals surface area contributed by atoms with Crippen LogP contribution in [0.1, 0.15) is 42.3 Å². The third kappa shape index (κ3) is 4.03. The summed E-state index contributed by atoms with van der Waals surface area (Å²) in [4.78, 5) is 24.6. The number of pyridine rings is 1. The minimum absolute atomic E-state index is 0.0271. The van der Waals surface area contributed by atoms with Gasteiger partial charge in [0, 0.05) is 30.0 Å². The quantitative estimate of drug-likeness (QED) is 0.584. The third-order valence-electron chi connectivity index (χ3n) is 5.63. The molecule has 3 rings (SSSR count). The predicted octanol–water partition coefficient (Wildman–Crippen LogP) is 4.41. The number of aromatic nitrogens is 1. The number of fused-ring (bicyclic) bond motifs is 1. The molecule has 0 amide bonds. The maximum Gasteiger partial charge on any atom is 0.341 e. The molecule has 0 spiro atoms. The summed E-state index contributed by atoms with van der Waals surface area (Å²) in [6, 6.07) is 7.65. The van der Waals surface area contributed by atoms with Gasteiger partial charge in [-0.05, 0) is 30.2 Å². The maximum atomic E-state index is 14.4. The molecule has 3 aromatic rings. The number of nitrogens with zero attached hydrogens (tertiary/aromatic N) is 1. The normalized spacial score (nSPS) is 13.4. The standard InChI is InChI=1S/C23H23ClFNO5/c1-12(2)23(3,30)26-11-16(22(28)29)21(27)15-9-14(19(31-4)10-18(15)26)8-13-6-5-7-17(24)20(13)25/h5-7,9-12,30H,8H2,1-4H3,(H,28,29)/t23-/m0/s1. The zero-order valence-corrected chi connectivity index (χ0v) is 18.3. The molecule has 0 saturated carbocycles. The number of methoxy groups -OCH3 is 1. The summed E-state index contributed by atoms with van der Waals surface area (Å²) >= 11 is 5.88. The molecule has 0 bridgehead atoms. The molecule has 1 atom stereocenters. The van der Waals surface area contributed by atoms with E-state index in [0.717, 1.165) is 6.20 Å². The van der Waals surface area contributed by atoms with Gasteiger partial charge in [-0.15, -0.1) is 0 Å². The Bertz CT molecular complexity index is 1230. The lowest BCUT2D eigenvalue weighted by molar-refractivity contribution is -0.0587. The average molecular weight is 448 g/mol. The minimum atomic E-state index is -1.48. The van der Waals surface area contributed by atoms with Crippen molar-refractivity contribution in [1.82, 2.24) is 4.57 Å². The van der Waals surface area contributed by atoms with Crippen molar-refractivity contribution in [3.63, 3.8) is 0 Å². The fourth-order valence-electron chi connectivity index (χ4n) is 3.42. The molecule has 0 saturated heterocycles. The first-order valence-electron chi connectivity index (χ1n) is 9.64. The van der Waals surface area contributed by atoms with Gasteiger partial charge in [-0.25, -0.2) is 9.18 Å². The summed E-state index contributed by atoms with van der Waals surface area (Å²) in [7, 11) is 1.44. The van der Waals surface area contributed by atoms with E-state index in [4.69, 9.17) is 16.3 Å². The van der Waals surface area contributed by atoms with Crippen LogP contribution in [0.25, 0.3) is 10.9 Å². The van der Waals surface area contributed by atoms with E-state index in [1.807, 2.05) is 0 Å². The molecule has 31 heavy (non-hydrogen) atoms. The van der Waals surface area contributed by atoms with Crippen LogP contribution in [0.4, 0.5) is 4.39 Å². The number of hydrogen-bond acceptors (Lipinski definition) is 4. The highest BCUT2D eigenvalue weighted by Gasteiger charge is 2.30. The Morgan fingerprint density at radius 3 is 2.55 bits per heavy atom. The zero-order valence-electron chi connectivity index (χ0n) is 17.6.